The minimum Gasteiger partial charge on any atom is -0.465 e. The Balaban J connectivity index is 4.97. The van der Waals surface area contributed by atoms with Gasteiger partial charge in [-0.25, -0.2) is 14.2 Å². The van der Waals surface area contributed by atoms with Gasteiger partial charge in [-0.1, -0.05) is 0 Å². The van der Waals surface area contributed by atoms with Gasteiger partial charge in [-0.05, 0) is 20.8 Å². The summed E-state index contributed by atoms with van der Waals surface area (Å²) in [4.78, 5) is 35.0. The first-order valence-corrected chi connectivity index (χ1v) is 10.9. The number of carbonyl (C=O) groups excluding carboxylic acids is 3. The monoisotopic (exact) mass is 471 g/mol. The fourth-order valence-corrected chi connectivity index (χ4v) is 2.86. The Morgan fingerprint density at radius 2 is 1.26 bits per heavy atom. The summed E-state index contributed by atoms with van der Waals surface area (Å²) < 4.78 is 50.1. The van der Waals surface area contributed by atoms with E-state index < -0.39 is 26.0 Å². The zero-order valence-electron chi connectivity index (χ0n) is 18.1. The quantitative estimate of drug-likeness (QED) is 0.0958. The molecule has 0 amide bonds. The number of carbonyl (C=O) groups is 3. The summed E-state index contributed by atoms with van der Waals surface area (Å²) in [7, 11) is -2.82. The first-order valence-electron chi connectivity index (χ1n) is 9.38. The second kappa shape index (κ2) is 16.2. The van der Waals surface area contributed by atoms with Gasteiger partial charge < -0.3 is 34.3 Å². The van der Waals surface area contributed by atoms with Crippen LogP contribution in [-0.4, -0.2) is 89.0 Å². The summed E-state index contributed by atoms with van der Waals surface area (Å²) in [5.74, 6) is -0.917. The van der Waals surface area contributed by atoms with Crippen molar-refractivity contribution < 1.29 is 51.7 Å². The molecule has 0 aliphatic carbocycles. The topological polar surface area (TPSA) is 175 Å². The fraction of sp³-hybridized carbons (Fsp3) is 0.750. The van der Waals surface area contributed by atoms with Gasteiger partial charge in [0.05, 0.1) is 33.0 Å². The lowest BCUT2D eigenvalue weighted by Gasteiger charge is -2.20. The highest BCUT2D eigenvalue weighted by Gasteiger charge is 2.27. The Hall–Kier alpha value is -2.57. The highest BCUT2D eigenvalue weighted by Crippen LogP contribution is 2.49. The molecule has 0 heterocycles. The van der Waals surface area contributed by atoms with Crippen LogP contribution in [0.1, 0.15) is 20.8 Å². The van der Waals surface area contributed by atoms with Crippen molar-refractivity contribution in [2.75, 3.05) is 59.8 Å². The van der Waals surface area contributed by atoms with E-state index in [1.54, 1.807) is 20.8 Å². The maximum atomic E-state index is 12.9. The number of nitrogens with zero attached hydrogens (tertiary/aromatic N) is 2. The van der Waals surface area contributed by atoms with Crippen LogP contribution < -0.4 is 5.73 Å². The van der Waals surface area contributed by atoms with Crippen LogP contribution in [0.2, 0.25) is 0 Å². The summed E-state index contributed by atoms with van der Waals surface area (Å²) in [5, 5.41) is 0. The van der Waals surface area contributed by atoms with Crippen molar-refractivity contribution in [2.24, 2.45) is 10.5 Å². The van der Waals surface area contributed by atoms with Crippen LogP contribution in [0.3, 0.4) is 0 Å². The molecule has 15 heteroatoms. The molecule has 0 atom stereocenters. The molecule has 2 N–H and O–H groups in total. The smallest absolute Gasteiger partial charge is 0.465 e. The number of hydrogen-bond donors (Lipinski definition) is 1. The molecule has 0 aliphatic heterocycles. The molecule has 0 saturated carbocycles. The number of guanidine groups is 1. The molecule has 180 valence electrons. The number of hydrogen-bond acceptors (Lipinski definition) is 11. The van der Waals surface area contributed by atoms with Gasteiger partial charge in [0, 0.05) is 7.05 Å². The van der Waals surface area contributed by atoms with Gasteiger partial charge in [0.1, 0.15) is 19.8 Å². The van der Waals surface area contributed by atoms with E-state index in [4.69, 9.17) is 29.0 Å². The van der Waals surface area contributed by atoms with Crippen LogP contribution in [0.5, 0.6) is 0 Å². The lowest BCUT2D eigenvalue weighted by Crippen LogP contribution is -2.38. The van der Waals surface area contributed by atoms with Crippen molar-refractivity contribution in [3.05, 3.63) is 0 Å². The summed E-state index contributed by atoms with van der Waals surface area (Å²) in [6, 6.07) is 0. The standard InChI is InChI=1S/C16H30N3O11P/c1-5-24-13(20)12-19(4)14(17)18-31(23,29-10-8-27-15(21)25-6-2)30-11-9-28-16(22)26-7-3/h5-12H2,1-4H3,(H2,17,18,23). The third-order valence-electron chi connectivity index (χ3n) is 2.93. The predicted octanol–water partition coefficient (Wildman–Crippen LogP) is 1.28. The predicted molar refractivity (Wildman–Crippen MR) is 106 cm³/mol. The Morgan fingerprint density at radius 1 is 0.806 bits per heavy atom. The van der Waals surface area contributed by atoms with E-state index >= 15 is 0 Å². The molecule has 0 bridgehead atoms. The minimum atomic E-state index is -4.23. The Labute approximate surface area is 180 Å². The summed E-state index contributed by atoms with van der Waals surface area (Å²) in [6.07, 6.45) is -1.86. The van der Waals surface area contributed by atoms with Gasteiger partial charge in [0.25, 0.3) is 0 Å². The van der Waals surface area contributed by atoms with Gasteiger partial charge in [-0.2, -0.15) is 0 Å². The molecule has 31 heavy (non-hydrogen) atoms. The Kier molecular flexibility index (Phi) is 14.8. The highest BCUT2D eigenvalue weighted by atomic mass is 31.2. The average molecular weight is 471 g/mol. The molecule has 14 nitrogen and oxygen atoms in total. The first-order chi connectivity index (χ1) is 14.7. The van der Waals surface area contributed by atoms with Gasteiger partial charge in [-0.15, -0.1) is 4.76 Å². The van der Waals surface area contributed by atoms with Crippen molar-refractivity contribution in [3.63, 3.8) is 0 Å². The maximum absolute atomic E-state index is 12.9. The molecule has 0 aromatic heterocycles. The van der Waals surface area contributed by atoms with E-state index in [1.165, 1.54) is 11.9 Å². The number of likely N-dealkylation sites (N-methyl/N-ethyl adjacent to an activating group) is 1. The van der Waals surface area contributed by atoms with Crippen LogP contribution in [0.15, 0.2) is 4.76 Å². The van der Waals surface area contributed by atoms with E-state index in [2.05, 4.69) is 14.2 Å². The van der Waals surface area contributed by atoms with E-state index in [9.17, 15) is 18.9 Å². The molecule has 0 unspecified atom stereocenters. The van der Waals surface area contributed by atoms with Gasteiger partial charge in [0.15, 0.2) is 0 Å². The second-order valence-electron chi connectivity index (χ2n) is 5.32. The van der Waals surface area contributed by atoms with Crippen molar-refractivity contribution in [2.45, 2.75) is 20.8 Å². The molecule has 0 rings (SSSR count). The molecule has 0 aromatic rings. The lowest BCUT2D eigenvalue weighted by molar-refractivity contribution is -0.143. The van der Waals surface area contributed by atoms with E-state index in [1.807, 2.05) is 0 Å². The van der Waals surface area contributed by atoms with Crippen molar-refractivity contribution in [3.8, 4) is 0 Å². The third-order valence-corrected chi connectivity index (χ3v) is 4.39. The van der Waals surface area contributed by atoms with E-state index in [-0.39, 0.29) is 58.8 Å². The Morgan fingerprint density at radius 3 is 1.68 bits per heavy atom. The summed E-state index contributed by atoms with van der Waals surface area (Å²) in [5.41, 5.74) is 5.76. The zero-order chi connectivity index (χ0) is 23.7. The second-order valence-corrected chi connectivity index (χ2v) is 6.97. The Bertz CT molecular complexity index is 614. The maximum Gasteiger partial charge on any atom is 0.508 e. The third kappa shape index (κ3) is 14.1. The van der Waals surface area contributed by atoms with Crippen LogP contribution >= 0.6 is 7.75 Å². The number of esters is 1. The molecule has 0 aromatic carbocycles. The normalized spacial score (nSPS) is 11.4. The summed E-state index contributed by atoms with van der Waals surface area (Å²) >= 11 is 0. The van der Waals surface area contributed by atoms with Crippen LogP contribution in [0, 0.1) is 0 Å². The zero-order valence-corrected chi connectivity index (χ0v) is 19.0. The van der Waals surface area contributed by atoms with E-state index in [0.717, 1.165) is 0 Å². The van der Waals surface area contributed by atoms with Gasteiger partial charge in [0.2, 0.25) is 5.96 Å². The van der Waals surface area contributed by atoms with Crippen molar-refractivity contribution in [1.82, 2.24) is 4.90 Å². The highest BCUT2D eigenvalue weighted by molar-refractivity contribution is 7.52. The van der Waals surface area contributed by atoms with Gasteiger partial charge in [-0.3, -0.25) is 13.8 Å². The van der Waals surface area contributed by atoms with Crippen molar-refractivity contribution >= 4 is 32.0 Å². The molecule has 0 saturated heterocycles. The largest absolute Gasteiger partial charge is 0.508 e. The average Bonchev–Trinajstić information content (AvgIpc) is 2.69. The van der Waals surface area contributed by atoms with E-state index in [0.29, 0.717) is 0 Å². The number of rotatable bonds is 14. The van der Waals surface area contributed by atoms with Crippen LogP contribution in [-0.2, 0) is 42.1 Å². The summed E-state index contributed by atoms with van der Waals surface area (Å²) in [6.45, 7) is 3.65. The van der Waals surface area contributed by atoms with Gasteiger partial charge >= 0.3 is 26.0 Å². The fourth-order valence-electron chi connectivity index (χ4n) is 1.65. The molecular formula is C16H30N3O11P. The van der Waals surface area contributed by atoms with Crippen LogP contribution in [0.4, 0.5) is 9.59 Å². The first kappa shape index (κ1) is 28.4. The number of nitrogens with two attached hydrogens (primary N) is 1. The minimum absolute atomic E-state index is 0.120. The molecule has 0 fully saturated rings. The SMILES string of the molecule is CCOC(=O)CN(C)C(N)=NP(=O)(OCCOC(=O)OCC)OCCOC(=O)OCC. The number of ether oxygens (including phenoxy) is 5. The van der Waals surface area contributed by atoms with Crippen LogP contribution in [0.25, 0.3) is 0 Å². The molecule has 0 spiro atoms. The molecular weight excluding hydrogens is 441 g/mol. The molecule has 0 aliphatic rings. The molecule has 0 radical (unpaired) electrons. The van der Waals surface area contributed by atoms with Crippen molar-refractivity contribution in [1.29, 1.82) is 0 Å². The lowest BCUT2D eigenvalue weighted by atomic mass is 10.6.